The summed E-state index contributed by atoms with van der Waals surface area (Å²) < 4.78 is 0. The van der Waals surface area contributed by atoms with Gasteiger partial charge in [-0.25, -0.2) is 0 Å². The van der Waals surface area contributed by atoms with Crippen LogP contribution in [0.3, 0.4) is 0 Å². The molecule has 0 aliphatic heterocycles. The molecule has 0 amide bonds. The van der Waals surface area contributed by atoms with Gasteiger partial charge >= 0.3 is 23.1 Å². The maximum atomic E-state index is 9.37. The van der Waals surface area contributed by atoms with E-state index in [0.717, 1.165) is 12.8 Å². The summed E-state index contributed by atoms with van der Waals surface area (Å²) >= 11 is 0. The van der Waals surface area contributed by atoms with Crippen molar-refractivity contribution in [2.45, 2.75) is 44.6 Å². The minimum absolute atomic E-state index is 0. The minimum atomic E-state index is -0.321. The zero-order valence-electron chi connectivity index (χ0n) is 5.48. The fourth-order valence-corrected chi connectivity index (χ4v) is 1.31. The second kappa shape index (κ2) is 3.79. The SMILES string of the molecule is CC1(O)CCCCC1.[MgH2]. The van der Waals surface area contributed by atoms with Gasteiger partial charge in [-0.2, -0.15) is 0 Å². The molecule has 1 fully saturated rings. The zero-order valence-corrected chi connectivity index (χ0v) is 5.48. The molecule has 1 nitrogen and oxygen atoms in total. The van der Waals surface area contributed by atoms with Gasteiger partial charge in [0.25, 0.3) is 0 Å². The molecule has 9 heavy (non-hydrogen) atoms. The van der Waals surface area contributed by atoms with Gasteiger partial charge < -0.3 is 5.11 Å². The van der Waals surface area contributed by atoms with Crippen molar-refractivity contribution in [2.75, 3.05) is 0 Å². The molecule has 1 aliphatic carbocycles. The molecule has 0 saturated heterocycles. The van der Waals surface area contributed by atoms with Crippen LogP contribution in [0.2, 0.25) is 0 Å². The highest BCUT2D eigenvalue weighted by atomic mass is 24.3. The van der Waals surface area contributed by atoms with Crippen molar-refractivity contribution in [2.24, 2.45) is 0 Å². The molecule has 0 aromatic heterocycles. The highest BCUT2D eigenvalue weighted by Gasteiger charge is 2.22. The summed E-state index contributed by atoms with van der Waals surface area (Å²) in [6, 6.07) is 0. The van der Waals surface area contributed by atoms with Gasteiger partial charge in [-0.15, -0.1) is 0 Å². The summed E-state index contributed by atoms with van der Waals surface area (Å²) in [4.78, 5) is 0. The van der Waals surface area contributed by atoms with Crippen molar-refractivity contribution in [1.82, 2.24) is 0 Å². The quantitative estimate of drug-likeness (QED) is 0.493. The van der Waals surface area contributed by atoms with Gasteiger partial charge in [0.2, 0.25) is 0 Å². The van der Waals surface area contributed by atoms with Crippen LogP contribution in [-0.4, -0.2) is 33.8 Å². The molecule has 2 heteroatoms. The molecule has 0 radical (unpaired) electrons. The van der Waals surface area contributed by atoms with Crippen molar-refractivity contribution < 1.29 is 5.11 Å². The van der Waals surface area contributed by atoms with Crippen LogP contribution in [0.25, 0.3) is 0 Å². The van der Waals surface area contributed by atoms with Crippen molar-refractivity contribution in [1.29, 1.82) is 0 Å². The summed E-state index contributed by atoms with van der Waals surface area (Å²) in [5.74, 6) is 0. The summed E-state index contributed by atoms with van der Waals surface area (Å²) in [5.41, 5.74) is -0.321. The van der Waals surface area contributed by atoms with E-state index in [1.165, 1.54) is 19.3 Å². The second-order valence-electron chi connectivity index (χ2n) is 3.06. The fourth-order valence-electron chi connectivity index (χ4n) is 1.31. The Bertz CT molecular complexity index is 73.0. The van der Waals surface area contributed by atoms with Crippen molar-refractivity contribution in [3.05, 3.63) is 0 Å². The molecular formula is C7H16MgO. The lowest BCUT2D eigenvalue weighted by molar-refractivity contribution is 0.0225. The van der Waals surface area contributed by atoms with Crippen LogP contribution >= 0.6 is 0 Å². The molecule has 1 saturated carbocycles. The maximum Gasteiger partial charge on any atom is 0.316 e. The lowest BCUT2D eigenvalue weighted by Gasteiger charge is -2.27. The Morgan fingerprint density at radius 1 is 1.11 bits per heavy atom. The number of hydrogen-bond acceptors (Lipinski definition) is 1. The van der Waals surface area contributed by atoms with Crippen LogP contribution in [0.1, 0.15) is 39.0 Å². The summed E-state index contributed by atoms with van der Waals surface area (Å²) in [6.45, 7) is 1.94. The van der Waals surface area contributed by atoms with E-state index in [0.29, 0.717) is 0 Å². The summed E-state index contributed by atoms with van der Waals surface area (Å²) in [6.07, 6.45) is 5.76. The standard InChI is InChI=1S/C7H14O.Mg.2H/c1-7(8)5-3-2-4-6-7;;;/h8H,2-6H2,1H3;;;. The predicted molar refractivity (Wildman–Crippen MR) is 42.3 cm³/mol. The second-order valence-corrected chi connectivity index (χ2v) is 3.06. The third-order valence-electron chi connectivity index (χ3n) is 1.93. The zero-order chi connectivity index (χ0) is 6.04. The van der Waals surface area contributed by atoms with Crippen LogP contribution in [0.4, 0.5) is 0 Å². The van der Waals surface area contributed by atoms with Gasteiger partial charge in [-0.3, -0.25) is 0 Å². The van der Waals surface area contributed by atoms with Crippen molar-refractivity contribution in [3.63, 3.8) is 0 Å². The Morgan fingerprint density at radius 2 is 1.56 bits per heavy atom. The molecule has 0 bridgehead atoms. The van der Waals surface area contributed by atoms with E-state index < -0.39 is 0 Å². The average Bonchev–Trinajstić information content (AvgIpc) is 1.65. The van der Waals surface area contributed by atoms with Gasteiger partial charge in [-0.1, -0.05) is 19.3 Å². The Kier molecular flexibility index (Phi) is 4.09. The first-order valence-electron chi connectivity index (χ1n) is 3.43. The third-order valence-corrected chi connectivity index (χ3v) is 1.93. The highest BCUT2D eigenvalue weighted by molar-refractivity contribution is 5.75. The maximum absolute atomic E-state index is 9.37. The minimum Gasteiger partial charge on any atom is -0.390 e. The van der Waals surface area contributed by atoms with Crippen LogP contribution < -0.4 is 0 Å². The van der Waals surface area contributed by atoms with E-state index in [1.54, 1.807) is 0 Å². The molecule has 0 unspecified atom stereocenters. The number of hydrogen-bond donors (Lipinski definition) is 1. The van der Waals surface area contributed by atoms with E-state index in [4.69, 9.17) is 0 Å². The number of aliphatic hydroxyl groups is 1. The summed E-state index contributed by atoms with van der Waals surface area (Å²) in [5, 5.41) is 9.37. The molecule has 1 rings (SSSR count). The first-order valence-corrected chi connectivity index (χ1v) is 3.43. The van der Waals surface area contributed by atoms with Crippen LogP contribution in [0.15, 0.2) is 0 Å². The Hall–Kier alpha value is 0.726. The van der Waals surface area contributed by atoms with E-state index in [2.05, 4.69) is 0 Å². The predicted octanol–water partition coefficient (Wildman–Crippen LogP) is 0.785. The molecule has 0 aromatic rings. The molecule has 1 aliphatic rings. The third kappa shape index (κ3) is 3.43. The lowest BCUT2D eigenvalue weighted by atomic mass is 9.87. The monoisotopic (exact) mass is 140 g/mol. The Labute approximate surface area is 73.0 Å². The van der Waals surface area contributed by atoms with Gasteiger partial charge in [0, 0.05) is 0 Å². The van der Waals surface area contributed by atoms with E-state index in [1.807, 2.05) is 6.92 Å². The smallest absolute Gasteiger partial charge is 0.316 e. The molecule has 0 spiro atoms. The summed E-state index contributed by atoms with van der Waals surface area (Å²) in [7, 11) is 0. The van der Waals surface area contributed by atoms with Crippen molar-refractivity contribution in [3.8, 4) is 0 Å². The fraction of sp³-hybridized carbons (Fsp3) is 1.00. The molecule has 1 N–H and O–H groups in total. The average molecular weight is 141 g/mol. The molecule has 0 aromatic carbocycles. The van der Waals surface area contributed by atoms with Crippen LogP contribution in [0, 0.1) is 0 Å². The first kappa shape index (κ1) is 9.73. The number of rotatable bonds is 0. The lowest BCUT2D eigenvalue weighted by Crippen LogP contribution is -2.26. The van der Waals surface area contributed by atoms with E-state index in [9.17, 15) is 5.11 Å². The molecule has 52 valence electrons. The van der Waals surface area contributed by atoms with Gasteiger partial charge in [0.1, 0.15) is 0 Å². The largest absolute Gasteiger partial charge is 0.390 e. The molecule has 0 heterocycles. The van der Waals surface area contributed by atoms with Gasteiger partial charge in [0.05, 0.1) is 5.60 Å². The van der Waals surface area contributed by atoms with Crippen molar-refractivity contribution >= 4 is 23.1 Å². The molecular weight excluding hydrogens is 124 g/mol. The first-order chi connectivity index (χ1) is 3.71. The topological polar surface area (TPSA) is 20.2 Å². The van der Waals surface area contributed by atoms with Gasteiger partial charge in [-0.05, 0) is 19.8 Å². The highest BCUT2D eigenvalue weighted by Crippen LogP contribution is 2.26. The van der Waals surface area contributed by atoms with Gasteiger partial charge in [0.15, 0.2) is 0 Å². The normalized spacial score (nSPS) is 24.7. The molecule has 0 atom stereocenters. The Morgan fingerprint density at radius 3 is 1.78 bits per heavy atom. The Balaban J connectivity index is 0.000000640. The van der Waals surface area contributed by atoms with E-state index in [-0.39, 0.29) is 28.7 Å². The van der Waals surface area contributed by atoms with Crippen LogP contribution in [0.5, 0.6) is 0 Å². The van der Waals surface area contributed by atoms with E-state index >= 15 is 0 Å². The van der Waals surface area contributed by atoms with Crippen LogP contribution in [-0.2, 0) is 0 Å².